The summed E-state index contributed by atoms with van der Waals surface area (Å²) in [4.78, 5) is 139. The van der Waals surface area contributed by atoms with Crippen LogP contribution in [0.3, 0.4) is 0 Å². The van der Waals surface area contributed by atoms with E-state index in [1.54, 1.807) is 0 Å². The Labute approximate surface area is 537 Å². The van der Waals surface area contributed by atoms with Gasteiger partial charge in [-0.25, -0.2) is 24.0 Å². The van der Waals surface area contributed by atoms with Crippen LogP contribution in [0, 0.1) is 0 Å². The van der Waals surface area contributed by atoms with Crippen molar-refractivity contribution in [3.05, 3.63) is 114 Å². The maximum Gasteiger partial charge on any atom is 0.351 e. The summed E-state index contributed by atoms with van der Waals surface area (Å²) in [5.74, 6) is -0.517. The minimum atomic E-state index is -4.82. The summed E-state index contributed by atoms with van der Waals surface area (Å²) in [6, 6.07) is 6.52. The van der Waals surface area contributed by atoms with E-state index in [0.717, 1.165) is 22.8 Å². The van der Waals surface area contributed by atoms with Crippen LogP contribution < -0.4 is 76.7 Å². The number of aliphatic hydroxyl groups is 2. The van der Waals surface area contributed by atoms with Crippen molar-refractivity contribution < 1.29 is 89.7 Å². The molecule has 504 valence electrons. The Morgan fingerprint density at radius 1 is 0.413 bits per heavy atom. The Morgan fingerprint density at radius 2 is 0.630 bits per heavy atom. The normalized spacial score (nSPS) is 30.8. The Morgan fingerprint density at radius 3 is 0.880 bits per heavy atom. The van der Waals surface area contributed by atoms with Crippen molar-refractivity contribution in [3.8, 4) is 0 Å². The van der Waals surface area contributed by atoms with E-state index in [2.05, 4.69) is 24.9 Å². The quantitative estimate of drug-likeness (QED) is 0.0255. The third kappa shape index (κ3) is 17.4. The predicted molar refractivity (Wildman–Crippen MR) is 321 cm³/mol. The van der Waals surface area contributed by atoms with Gasteiger partial charge in [-0.2, -0.15) is 24.9 Å². The lowest BCUT2D eigenvalue weighted by molar-refractivity contribution is -0.220. The van der Waals surface area contributed by atoms with Gasteiger partial charge in [0.05, 0.1) is 63.6 Å². The van der Waals surface area contributed by atoms with Crippen molar-refractivity contribution in [3.63, 3.8) is 0 Å². The molecule has 0 amide bonds. The molecule has 5 aliphatic rings. The Hall–Kier alpha value is -4.76. The van der Waals surface area contributed by atoms with Gasteiger partial charge in [-0.3, -0.25) is 22.8 Å². The van der Waals surface area contributed by atoms with E-state index in [1.807, 2.05) is 0 Å². The summed E-state index contributed by atoms with van der Waals surface area (Å²) < 4.78 is 80.6. The molecule has 19 atom stereocenters. The standard InChI is InChI=1S/C45H61N15O24P4S4/c46-31-1-6-56(41(63)51-31)36-11-21(62)27(77-36)17-72-85(68,89)82-23-13-38(58-8-3-33(48)53-43(58)65)79-29(23)19-74-87(70,91)84-25-15-40(60-10-5-35(50)55-45(60)67)80-30(25)20-75-88(71,92)83-24-14-39(59-9-4-34(49)54-44(59)66)78-28(24)18-73-86(69,90)81-22-12-37(76-26(22)16-61)57-7-2-32(47)52-42(57)64/h1-10,21-30,36-40,61-62H,11-20H2,(H,68,89)(H,69,90)(H,70,91)(H,71,92)(H2,46,51,63)(H2,47,52,64)(H2,48,53,65)(H2,49,54,66)(H2,50,55,67)/p-4. The van der Waals surface area contributed by atoms with E-state index in [1.165, 1.54) is 61.3 Å². The first-order chi connectivity index (χ1) is 43.4. The third-order valence-electron chi connectivity index (χ3n) is 14.6. The number of hydrogen-bond acceptors (Lipinski definition) is 38. The molecule has 0 radical (unpaired) electrons. The first kappa shape index (κ1) is 70.1. The maximum absolute atomic E-state index is 14.3. The Bertz CT molecular complexity index is 4030. The summed E-state index contributed by atoms with van der Waals surface area (Å²) in [6.45, 7) is -22.5. The molecule has 0 bridgehead atoms. The van der Waals surface area contributed by atoms with E-state index in [4.69, 9.17) is 136 Å². The van der Waals surface area contributed by atoms with Crippen LogP contribution in [0.1, 0.15) is 63.2 Å². The number of nitrogen functional groups attached to an aromatic ring is 5. The van der Waals surface area contributed by atoms with E-state index in [0.29, 0.717) is 0 Å². The monoisotopic (exact) mass is 1440 g/mol. The summed E-state index contributed by atoms with van der Waals surface area (Å²) >= 11 is 21.2. The molecule has 19 unspecified atom stereocenters. The third-order valence-corrected chi connectivity index (χ3v) is 20.8. The highest BCUT2D eigenvalue weighted by Crippen LogP contribution is 2.52. The van der Waals surface area contributed by atoms with Crippen LogP contribution in [0.5, 0.6) is 0 Å². The molecule has 5 aliphatic heterocycles. The van der Waals surface area contributed by atoms with Crippen LogP contribution in [0.25, 0.3) is 0 Å². The second-order valence-corrected chi connectivity index (χ2v) is 31.7. The molecule has 39 nitrogen and oxygen atoms in total. The van der Waals surface area contributed by atoms with Gasteiger partial charge >= 0.3 is 28.4 Å². The molecule has 47 heteroatoms. The topological polar surface area (TPSA) is 557 Å². The molecular formula is C45H57N15O24P4S4-4. The number of hydrogen-bond donors (Lipinski definition) is 7. The molecule has 5 fully saturated rings. The summed E-state index contributed by atoms with van der Waals surface area (Å²) in [7, 11) is 0. The molecular weight excluding hydrogens is 1390 g/mol. The zero-order valence-electron chi connectivity index (χ0n) is 47.2. The van der Waals surface area contributed by atoms with Gasteiger partial charge in [-0.05, 0) is 30.3 Å². The fourth-order valence-electron chi connectivity index (χ4n) is 10.2. The molecule has 5 aromatic heterocycles. The lowest BCUT2D eigenvalue weighted by Gasteiger charge is -2.36. The lowest BCUT2D eigenvalue weighted by atomic mass is 10.2. The molecule has 0 spiro atoms. The fraction of sp³-hybridized carbons (Fsp3) is 0.556. The van der Waals surface area contributed by atoms with Crippen molar-refractivity contribution in [2.75, 3.05) is 61.7 Å². The molecule has 0 aliphatic carbocycles. The minimum absolute atomic E-state index is 0.0463. The predicted octanol–water partition coefficient (Wildman–Crippen LogP) is -5.08. The van der Waals surface area contributed by atoms with E-state index < -0.39 is 181 Å². The van der Waals surface area contributed by atoms with E-state index in [-0.39, 0.29) is 61.2 Å². The molecule has 5 aromatic rings. The van der Waals surface area contributed by atoms with E-state index >= 15 is 0 Å². The number of nitrogens with two attached hydrogens (primary N) is 5. The maximum atomic E-state index is 14.3. The smallest absolute Gasteiger partial charge is 0.351 e. The Balaban J connectivity index is 0.814. The second kappa shape index (κ2) is 28.9. The lowest BCUT2D eigenvalue weighted by Crippen LogP contribution is -2.34. The highest BCUT2D eigenvalue weighted by Gasteiger charge is 2.45. The van der Waals surface area contributed by atoms with Crippen molar-refractivity contribution >= 4 is 103 Å². The molecule has 10 rings (SSSR count). The summed E-state index contributed by atoms with van der Waals surface area (Å²) in [6.07, 6.45) is -14.1. The molecule has 12 N–H and O–H groups in total. The van der Waals surface area contributed by atoms with Crippen LogP contribution in [0.15, 0.2) is 85.3 Å². The van der Waals surface area contributed by atoms with Gasteiger partial charge in [0.15, 0.2) is 0 Å². The Kier molecular flexibility index (Phi) is 22.0. The highest BCUT2D eigenvalue weighted by molar-refractivity contribution is 8.07. The molecule has 10 heterocycles. The zero-order chi connectivity index (χ0) is 66.2. The van der Waals surface area contributed by atoms with Crippen molar-refractivity contribution in [2.24, 2.45) is 0 Å². The van der Waals surface area contributed by atoms with Crippen LogP contribution in [-0.2, 0) is 107 Å². The number of aromatic nitrogens is 10. The molecule has 5 saturated heterocycles. The average molecular weight is 1440 g/mol. The van der Waals surface area contributed by atoms with Crippen molar-refractivity contribution in [1.82, 2.24) is 47.8 Å². The number of aliphatic hydroxyl groups excluding tert-OH is 2. The van der Waals surface area contributed by atoms with Crippen LogP contribution in [0.2, 0.25) is 0 Å². The largest absolute Gasteiger partial charge is 0.780 e. The van der Waals surface area contributed by atoms with Crippen molar-refractivity contribution in [2.45, 2.75) is 124 Å². The van der Waals surface area contributed by atoms with Gasteiger partial charge < -0.3 is 118 Å². The molecule has 0 aromatic carbocycles. The van der Waals surface area contributed by atoms with Gasteiger partial charge in [0, 0.05) is 63.1 Å². The van der Waals surface area contributed by atoms with Gasteiger partial charge in [-0.1, -0.05) is 47.2 Å². The summed E-state index contributed by atoms with van der Waals surface area (Å²) in [5.41, 5.74) is 24.2. The number of anilines is 5. The number of rotatable bonds is 26. The number of nitrogens with zero attached hydrogens (tertiary/aromatic N) is 10. The minimum Gasteiger partial charge on any atom is -0.780 e. The van der Waals surface area contributed by atoms with Crippen LogP contribution >= 0.6 is 26.9 Å². The summed E-state index contributed by atoms with van der Waals surface area (Å²) in [5, 5.41) is 20.9. The first-order valence-electron chi connectivity index (χ1n) is 27.3. The molecule has 92 heavy (non-hydrogen) atoms. The van der Waals surface area contributed by atoms with Gasteiger partial charge in [0.1, 0.15) is 118 Å². The first-order valence-corrected chi connectivity index (χ1v) is 37.5. The van der Waals surface area contributed by atoms with Gasteiger partial charge in [-0.15, -0.1) is 0 Å². The highest BCUT2D eigenvalue weighted by atomic mass is 32.5. The zero-order valence-corrected chi connectivity index (χ0v) is 54.0. The molecule has 0 saturated carbocycles. The number of ether oxygens (including phenoxy) is 5. The van der Waals surface area contributed by atoms with Gasteiger partial charge in [0.25, 0.3) is 0 Å². The van der Waals surface area contributed by atoms with Crippen molar-refractivity contribution in [1.29, 1.82) is 0 Å². The van der Waals surface area contributed by atoms with E-state index in [9.17, 15) is 53.8 Å². The fourth-order valence-corrected chi connectivity index (χ4v) is 16.1. The second-order valence-electron chi connectivity index (χ2n) is 20.8. The van der Waals surface area contributed by atoms with Gasteiger partial charge in [0.2, 0.25) is 0 Å². The SMILES string of the molecule is Nc1ccn(C2CC(O)C(COP([O-])(=S)OC3CC(n4ccc(N)nc4=O)OC3COP([O-])(=S)OC3CC(n4ccc(N)nc4=O)OC3COP([O-])(=S)OC3CC(n4ccc(N)nc4=O)OC3COP([O-])(=S)OC3CC(n4ccc(N)nc4=O)OC3CO)O2)c(=O)n1. The van der Waals surface area contributed by atoms with Crippen LogP contribution in [0.4, 0.5) is 29.1 Å². The van der Waals surface area contributed by atoms with Crippen LogP contribution in [-0.4, -0.2) is 152 Å². The average Bonchev–Trinajstić information content (AvgIpc) is 1.69.